The molecule has 110 valence electrons. The molecule has 0 saturated carbocycles. The normalized spacial score (nSPS) is 10.6. The first-order chi connectivity index (χ1) is 10.6. The van der Waals surface area contributed by atoms with Crippen LogP contribution in [0.1, 0.15) is 16.1 Å². The average molecular weight is 297 g/mol. The van der Waals surface area contributed by atoms with Crippen LogP contribution in [0.5, 0.6) is 0 Å². The number of benzene rings is 2. The monoisotopic (exact) mass is 297 g/mol. The van der Waals surface area contributed by atoms with Gasteiger partial charge in [0.15, 0.2) is 5.69 Å². The van der Waals surface area contributed by atoms with Gasteiger partial charge in [-0.05, 0) is 31.2 Å². The zero-order valence-electron chi connectivity index (χ0n) is 11.7. The Morgan fingerprint density at radius 2 is 1.73 bits per heavy atom. The van der Waals surface area contributed by atoms with Crippen LogP contribution in [0.25, 0.3) is 16.9 Å². The number of halogens is 1. The van der Waals surface area contributed by atoms with Gasteiger partial charge in [0.1, 0.15) is 11.5 Å². The molecule has 0 aliphatic heterocycles. The Kier molecular flexibility index (Phi) is 3.42. The van der Waals surface area contributed by atoms with E-state index in [9.17, 15) is 14.3 Å². The highest BCUT2D eigenvalue weighted by Gasteiger charge is 2.21. The molecule has 0 radical (unpaired) electrons. The number of carboxylic acid groups (broad SMARTS) is 1. The second-order valence-corrected chi connectivity index (χ2v) is 4.85. The summed E-state index contributed by atoms with van der Waals surface area (Å²) >= 11 is 0. The Labute approximate surface area is 125 Å². The molecule has 0 fully saturated rings. The van der Waals surface area contributed by atoms with Gasteiger partial charge in [-0.3, -0.25) is 0 Å². The maximum Gasteiger partial charge on any atom is 0.358 e. The molecule has 0 unspecified atom stereocenters. The molecule has 2 aromatic carbocycles. The molecule has 0 saturated heterocycles. The van der Waals surface area contributed by atoms with Crippen LogP contribution in [0.15, 0.2) is 48.5 Å². The third kappa shape index (κ3) is 2.46. The van der Waals surface area contributed by atoms with Crippen molar-refractivity contribution in [1.29, 1.82) is 0 Å². The van der Waals surface area contributed by atoms with E-state index in [-0.39, 0.29) is 11.5 Å². The van der Waals surface area contributed by atoms with Gasteiger partial charge in [0.2, 0.25) is 0 Å². The van der Waals surface area contributed by atoms with Crippen LogP contribution >= 0.6 is 0 Å². The van der Waals surface area contributed by atoms with Crippen LogP contribution in [0.3, 0.4) is 0 Å². The Bertz CT molecular complexity index is 824. The molecule has 3 rings (SSSR count). The summed E-state index contributed by atoms with van der Waals surface area (Å²) in [6, 6.07) is 13.0. The fourth-order valence-corrected chi connectivity index (χ4v) is 2.16. The van der Waals surface area contributed by atoms with Crippen molar-refractivity contribution in [3.8, 4) is 16.9 Å². The maximum absolute atomic E-state index is 13.1. The van der Waals surface area contributed by atoms with Gasteiger partial charge < -0.3 is 5.11 Å². The van der Waals surface area contributed by atoms with E-state index >= 15 is 0 Å². The van der Waals surface area contributed by atoms with Gasteiger partial charge in [-0.1, -0.05) is 35.0 Å². The van der Waals surface area contributed by atoms with Crippen molar-refractivity contribution in [2.45, 2.75) is 6.92 Å². The number of aromatic carboxylic acids is 1. The van der Waals surface area contributed by atoms with Crippen LogP contribution < -0.4 is 0 Å². The molecule has 6 heteroatoms. The van der Waals surface area contributed by atoms with Crippen LogP contribution in [0, 0.1) is 12.7 Å². The van der Waals surface area contributed by atoms with Gasteiger partial charge in [-0.15, -0.1) is 5.10 Å². The Morgan fingerprint density at radius 3 is 2.32 bits per heavy atom. The second-order valence-electron chi connectivity index (χ2n) is 4.85. The van der Waals surface area contributed by atoms with Gasteiger partial charge in [-0.25, -0.2) is 13.9 Å². The Balaban J connectivity index is 2.21. The first kappa shape index (κ1) is 13.9. The maximum atomic E-state index is 13.1. The molecule has 0 aliphatic carbocycles. The van der Waals surface area contributed by atoms with Crippen molar-refractivity contribution in [1.82, 2.24) is 15.0 Å². The summed E-state index contributed by atoms with van der Waals surface area (Å²) in [5.41, 5.74) is 2.49. The van der Waals surface area contributed by atoms with Gasteiger partial charge >= 0.3 is 5.97 Å². The molecule has 22 heavy (non-hydrogen) atoms. The van der Waals surface area contributed by atoms with E-state index in [1.165, 1.54) is 28.9 Å². The van der Waals surface area contributed by atoms with E-state index in [0.717, 1.165) is 5.56 Å². The zero-order valence-corrected chi connectivity index (χ0v) is 11.7. The van der Waals surface area contributed by atoms with E-state index in [1.54, 1.807) is 12.1 Å². The van der Waals surface area contributed by atoms with Gasteiger partial charge in [0.05, 0.1) is 5.69 Å². The highest BCUT2D eigenvalue weighted by molar-refractivity contribution is 5.93. The summed E-state index contributed by atoms with van der Waals surface area (Å²) in [5, 5.41) is 16.9. The smallest absolute Gasteiger partial charge is 0.358 e. The van der Waals surface area contributed by atoms with Gasteiger partial charge in [-0.2, -0.15) is 0 Å². The molecule has 0 bridgehead atoms. The van der Waals surface area contributed by atoms with Crippen molar-refractivity contribution in [2.75, 3.05) is 0 Å². The minimum absolute atomic E-state index is 0.145. The second kappa shape index (κ2) is 5.40. The van der Waals surface area contributed by atoms with Crippen LogP contribution in [0.4, 0.5) is 4.39 Å². The molecule has 1 N–H and O–H groups in total. The fourth-order valence-electron chi connectivity index (χ4n) is 2.16. The van der Waals surface area contributed by atoms with Crippen LogP contribution in [-0.2, 0) is 0 Å². The predicted molar refractivity (Wildman–Crippen MR) is 78.4 cm³/mol. The number of hydrogen-bond donors (Lipinski definition) is 1. The van der Waals surface area contributed by atoms with E-state index in [0.29, 0.717) is 16.9 Å². The number of aromatic nitrogens is 3. The van der Waals surface area contributed by atoms with Crippen molar-refractivity contribution in [3.63, 3.8) is 0 Å². The third-order valence-electron chi connectivity index (χ3n) is 3.27. The highest BCUT2D eigenvalue weighted by atomic mass is 19.1. The van der Waals surface area contributed by atoms with E-state index < -0.39 is 5.97 Å². The zero-order chi connectivity index (χ0) is 15.7. The predicted octanol–water partition coefficient (Wildman–Crippen LogP) is 3.08. The number of carboxylic acids is 1. The molecule has 3 aromatic rings. The fraction of sp³-hybridized carbons (Fsp3) is 0.0625. The molecule has 1 heterocycles. The molecule has 0 amide bonds. The highest BCUT2D eigenvalue weighted by Crippen LogP contribution is 2.25. The Morgan fingerprint density at radius 1 is 1.09 bits per heavy atom. The molecule has 5 nitrogen and oxygen atoms in total. The molecule has 0 aliphatic rings. The minimum Gasteiger partial charge on any atom is -0.476 e. The van der Waals surface area contributed by atoms with E-state index in [1.807, 2.05) is 19.1 Å². The molecular weight excluding hydrogens is 285 g/mol. The van der Waals surface area contributed by atoms with Crippen molar-refractivity contribution < 1.29 is 14.3 Å². The van der Waals surface area contributed by atoms with Crippen molar-refractivity contribution in [2.24, 2.45) is 0 Å². The summed E-state index contributed by atoms with van der Waals surface area (Å²) in [4.78, 5) is 11.4. The molecule has 0 atom stereocenters. The number of carbonyl (C=O) groups is 1. The van der Waals surface area contributed by atoms with Gasteiger partial charge in [0, 0.05) is 5.56 Å². The summed E-state index contributed by atoms with van der Waals surface area (Å²) in [5.74, 6) is -1.54. The first-order valence-electron chi connectivity index (χ1n) is 6.58. The lowest BCUT2D eigenvalue weighted by molar-refractivity contribution is 0.0691. The SMILES string of the molecule is Cc1ccc(-c2c(C(=O)O)nnn2-c2ccc(F)cc2)cc1. The molecular formula is C16H12FN3O2. The quantitative estimate of drug-likeness (QED) is 0.806. The van der Waals surface area contributed by atoms with Crippen molar-refractivity contribution >= 4 is 5.97 Å². The standard InChI is InChI=1S/C16H12FN3O2/c1-10-2-4-11(5-3-10)15-14(16(21)22)18-19-20(15)13-8-6-12(17)7-9-13/h2-9H,1H3,(H,21,22). The summed E-state index contributed by atoms with van der Waals surface area (Å²) < 4.78 is 14.5. The van der Waals surface area contributed by atoms with Crippen LogP contribution in [-0.4, -0.2) is 26.1 Å². The molecule has 0 spiro atoms. The van der Waals surface area contributed by atoms with E-state index in [4.69, 9.17) is 0 Å². The minimum atomic E-state index is -1.16. The van der Waals surface area contributed by atoms with Gasteiger partial charge in [0.25, 0.3) is 0 Å². The summed E-state index contributed by atoms with van der Waals surface area (Å²) in [6.45, 7) is 1.94. The lowest BCUT2D eigenvalue weighted by Gasteiger charge is -2.07. The largest absolute Gasteiger partial charge is 0.476 e. The Hall–Kier alpha value is -3.02. The number of rotatable bonds is 3. The average Bonchev–Trinajstić information content (AvgIpc) is 2.94. The number of nitrogens with zero attached hydrogens (tertiary/aromatic N) is 3. The lowest BCUT2D eigenvalue weighted by atomic mass is 10.1. The first-order valence-corrected chi connectivity index (χ1v) is 6.58. The van der Waals surface area contributed by atoms with E-state index in [2.05, 4.69) is 10.3 Å². The lowest BCUT2D eigenvalue weighted by Crippen LogP contribution is -2.03. The van der Waals surface area contributed by atoms with Crippen molar-refractivity contribution in [3.05, 3.63) is 65.6 Å². The number of aryl methyl sites for hydroxylation is 1. The van der Waals surface area contributed by atoms with Crippen LogP contribution in [0.2, 0.25) is 0 Å². The molecule has 1 aromatic heterocycles. The summed E-state index contributed by atoms with van der Waals surface area (Å²) in [7, 11) is 0. The number of hydrogen-bond acceptors (Lipinski definition) is 3. The third-order valence-corrected chi connectivity index (χ3v) is 3.27. The topological polar surface area (TPSA) is 68.0 Å². The summed E-state index contributed by atoms with van der Waals surface area (Å²) in [6.07, 6.45) is 0.